The Hall–Kier alpha value is -4.58. The van der Waals surface area contributed by atoms with Crippen molar-refractivity contribution in [3.05, 3.63) is 93.5 Å². The minimum atomic E-state index is -1.14. The van der Waals surface area contributed by atoms with Gasteiger partial charge >= 0.3 is 12.0 Å². The molecule has 2 aromatic heterocycles. The Bertz CT molecular complexity index is 1620. The van der Waals surface area contributed by atoms with E-state index in [9.17, 15) is 19.1 Å². The summed E-state index contributed by atoms with van der Waals surface area (Å²) in [7, 11) is 0. The molecule has 0 spiro atoms. The van der Waals surface area contributed by atoms with Gasteiger partial charge in [0, 0.05) is 22.4 Å². The van der Waals surface area contributed by atoms with E-state index in [0.717, 1.165) is 4.47 Å². The summed E-state index contributed by atoms with van der Waals surface area (Å²) >= 11 is 3.53. The van der Waals surface area contributed by atoms with Crippen LogP contribution in [0.15, 0.2) is 85.9 Å². The third-order valence-corrected chi connectivity index (χ3v) is 6.23. The number of hydrogen-bond donors (Lipinski definition) is 4. The van der Waals surface area contributed by atoms with Gasteiger partial charge in [-0.3, -0.25) is 10.1 Å². The van der Waals surface area contributed by atoms with E-state index in [1.54, 1.807) is 6.92 Å². The number of carboxylic acid groups (broad SMARTS) is 1. The molecule has 186 valence electrons. The molecule has 3 heterocycles. The van der Waals surface area contributed by atoms with Gasteiger partial charge in [0.2, 0.25) is 5.96 Å². The number of carbonyl (C=O) groups excluding carboxylic acids is 1. The lowest BCUT2D eigenvalue weighted by molar-refractivity contribution is -0.113. The number of pyridine rings is 1. The molecular weight excluding hydrogens is 547 g/mol. The number of carboxylic acids is 1. The molecule has 0 saturated carbocycles. The van der Waals surface area contributed by atoms with Crippen LogP contribution < -0.4 is 16.0 Å². The fourth-order valence-corrected chi connectivity index (χ4v) is 4.33. The number of hydrogen-bond acceptors (Lipinski definition) is 8. The van der Waals surface area contributed by atoms with Crippen LogP contribution in [0.4, 0.5) is 16.2 Å². The minimum Gasteiger partial charge on any atom is -0.478 e. The number of anilines is 2. The van der Waals surface area contributed by atoms with Crippen molar-refractivity contribution >= 4 is 56.7 Å². The Balaban J connectivity index is 1.48. The van der Waals surface area contributed by atoms with Gasteiger partial charge in [0.1, 0.15) is 23.2 Å². The maximum Gasteiger partial charge on any atom is 0.335 e. The number of aromatic carboxylic acids is 1. The van der Waals surface area contributed by atoms with Crippen molar-refractivity contribution < 1.29 is 23.5 Å². The van der Waals surface area contributed by atoms with Crippen molar-refractivity contribution in [1.29, 1.82) is 0 Å². The van der Waals surface area contributed by atoms with E-state index in [1.807, 2.05) is 24.3 Å². The molecule has 1 unspecified atom stereocenters. The van der Waals surface area contributed by atoms with E-state index in [1.165, 1.54) is 36.5 Å². The topological polar surface area (TPSA) is 142 Å². The number of allylic oxidation sites excluding steroid dienone is 1. The van der Waals surface area contributed by atoms with Gasteiger partial charge in [0.05, 0.1) is 11.1 Å². The molecule has 12 heteroatoms. The molecule has 1 atom stereocenters. The number of aromatic nitrogens is 2. The van der Waals surface area contributed by atoms with Crippen LogP contribution in [0, 0.1) is 5.82 Å². The predicted molar refractivity (Wildman–Crippen MR) is 138 cm³/mol. The number of benzene rings is 2. The number of fused-ring (bicyclic) bond motifs is 1. The number of oxazole rings is 1. The molecule has 0 aliphatic carbocycles. The van der Waals surface area contributed by atoms with Gasteiger partial charge in [-0.2, -0.15) is 4.98 Å². The normalized spacial score (nSPS) is 15.2. The van der Waals surface area contributed by atoms with Crippen LogP contribution in [0.2, 0.25) is 0 Å². The molecular formula is C25H18BrFN6O4. The van der Waals surface area contributed by atoms with Gasteiger partial charge in [-0.25, -0.2) is 19.2 Å². The Kier molecular flexibility index (Phi) is 6.40. The lowest BCUT2D eigenvalue weighted by atomic mass is 9.95. The lowest BCUT2D eigenvalue weighted by Crippen LogP contribution is -2.37. The van der Waals surface area contributed by atoms with Gasteiger partial charge in [0.15, 0.2) is 5.58 Å². The molecule has 4 N–H and O–H groups in total. The molecule has 1 amide bonds. The van der Waals surface area contributed by atoms with Crippen LogP contribution in [-0.2, 0) is 4.79 Å². The zero-order valence-electron chi connectivity index (χ0n) is 19.1. The largest absolute Gasteiger partial charge is 0.478 e. The summed E-state index contributed by atoms with van der Waals surface area (Å²) in [5.74, 6) is -1.76. The van der Waals surface area contributed by atoms with Crippen molar-refractivity contribution in [3.8, 4) is 0 Å². The Morgan fingerprint density at radius 2 is 1.97 bits per heavy atom. The van der Waals surface area contributed by atoms with E-state index >= 15 is 0 Å². The molecule has 10 nitrogen and oxygen atoms in total. The van der Waals surface area contributed by atoms with Crippen molar-refractivity contribution in [1.82, 2.24) is 15.3 Å². The average Bonchev–Trinajstić information content (AvgIpc) is 3.25. The average molecular weight is 565 g/mol. The van der Waals surface area contributed by atoms with Crippen molar-refractivity contribution in [2.24, 2.45) is 4.99 Å². The van der Waals surface area contributed by atoms with Crippen molar-refractivity contribution in [3.63, 3.8) is 0 Å². The maximum atomic E-state index is 13.5. The number of rotatable bonds is 5. The third kappa shape index (κ3) is 5.05. The predicted octanol–water partition coefficient (Wildman–Crippen LogP) is 4.85. The van der Waals surface area contributed by atoms with Gasteiger partial charge in [-0.1, -0.05) is 34.1 Å². The first-order valence-corrected chi connectivity index (χ1v) is 11.7. The van der Waals surface area contributed by atoms with Crippen LogP contribution in [0.1, 0.15) is 28.9 Å². The number of amides is 1. The second-order valence-corrected chi connectivity index (χ2v) is 8.86. The first kappa shape index (κ1) is 24.1. The van der Waals surface area contributed by atoms with E-state index < -0.39 is 23.7 Å². The molecule has 1 aliphatic rings. The van der Waals surface area contributed by atoms with E-state index in [-0.39, 0.29) is 28.9 Å². The summed E-state index contributed by atoms with van der Waals surface area (Å²) in [6.45, 7) is 1.71. The number of nitrogens with zero attached hydrogens (tertiary/aromatic N) is 3. The van der Waals surface area contributed by atoms with Crippen molar-refractivity contribution in [2.75, 3.05) is 10.6 Å². The smallest absolute Gasteiger partial charge is 0.335 e. The second-order valence-electron chi connectivity index (χ2n) is 8.01. The molecule has 5 rings (SSSR count). The third-order valence-electron chi connectivity index (χ3n) is 5.51. The summed E-state index contributed by atoms with van der Waals surface area (Å²) in [5.41, 5.74) is 2.20. The zero-order chi connectivity index (χ0) is 26.1. The summed E-state index contributed by atoms with van der Waals surface area (Å²) in [6, 6.07) is 13.3. The molecule has 37 heavy (non-hydrogen) atoms. The monoisotopic (exact) mass is 564 g/mol. The van der Waals surface area contributed by atoms with Crippen LogP contribution in [0.5, 0.6) is 0 Å². The van der Waals surface area contributed by atoms with Crippen LogP contribution in [0.3, 0.4) is 0 Å². The van der Waals surface area contributed by atoms with Gasteiger partial charge in [0.25, 0.3) is 5.91 Å². The molecule has 0 fully saturated rings. The Morgan fingerprint density at radius 1 is 1.16 bits per heavy atom. The molecule has 1 aliphatic heterocycles. The molecule has 0 bridgehead atoms. The first-order valence-electron chi connectivity index (χ1n) is 10.9. The highest BCUT2D eigenvalue weighted by Crippen LogP contribution is 2.35. The Morgan fingerprint density at radius 3 is 2.76 bits per heavy atom. The van der Waals surface area contributed by atoms with E-state index in [4.69, 9.17) is 9.41 Å². The highest BCUT2D eigenvalue weighted by molar-refractivity contribution is 9.10. The van der Waals surface area contributed by atoms with Gasteiger partial charge < -0.3 is 20.2 Å². The first-order chi connectivity index (χ1) is 17.8. The van der Waals surface area contributed by atoms with Crippen LogP contribution in [-0.4, -0.2) is 32.9 Å². The fraction of sp³-hybridized carbons (Fsp3) is 0.0800. The summed E-state index contributed by atoms with van der Waals surface area (Å²) in [5, 5.41) is 17.9. The van der Waals surface area contributed by atoms with Gasteiger partial charge in [-0.15, -0.1) is 0 Å². The maximum absolute atomic E-state index is 13.5. The zero-order valence-corrected chi connectivity index (χ0v) is 20.7. The van der Waals surface area contributed by atoms with Crippen molar-refractivity contribution in [2.45, 2.75) is 13.0 Å². The number of guanidine groups is 1. The van der Waals surface area contributed by atoms with Gasteiger partial charge in [-0.05, 0) is 42.8 Å². The quantitative estimate of drug-likeness (QED) is 0.269. The van der Waals surface area contributed by atoms with Crippen LogP contribution in [0.25, 0.3) is 11.1 Å². The van der Waals surface area contributed by atoms with E-state index in [2.05, 4.69) is 41.8 Å². The molecule has 0 radical (unpaired) electrons. The molecule has 4 aromatic rings. The summed E-state index contributed by atoms with van der Waals surface area (Å²) < 4.78 is 19.9. The number of aliphatic imine (C=N–C) groups is 1. The SMILES string of the molecule is CC1=C(C(=O)Nc2cc(C(=O)O)ccn2)C(c2ccccc2Br)N=C(Nc2nc3ccc(F)cc3o2)N1. The second kappa shape index (κ2) is 9.82. The van der Waals surface area contributed by atoms with E-state index in [0.29, 0.717) is 22.4 Å². The number of nitrogens with one attached hydrogen (secondary N) is 3. The highest BCUT2D eigenvalue weighted by atomic mass is 79.9. The minimum absolute atomic E-state index is 0.0113. The summed E-state index contributed by atoms with van der Waals surface area (Å²) in [6.07, 6.45) is 1.30. The Labute approximate surface area is 217 Å². The molecule has 0 saturated heterocycles. The highest BCUT2D eigenvalue weighted by Gasteiger charge is 2.31. The molecule has 2 aromatic carbocycles. The number of halogens is 2. The summed E-state index contributed by atoms with van der Waals surface area (Å²) in [4.78, 5) is 37.7. The fourth-order valence-electron chi connectivity index (χ4n) is 3.82. The van der Waals surface area contributed by atoms with Crippen LogP contribution >= 0.6 is 15.9 Å². The lowest BCUT2D eigenvalue weighted by Gasteiger charge is -2.27. The standard InChI is InChI=1S/C25H18BrFN6O4/c1-12-20(22(34)31-19-10-13(23(35)36)8-9-28-19)21(15-4-2-3-5-16(15)26)32-24(29-12)33-25-30-17-7-6-14(27)11-18(17)37-25/h2-11,21H,1H3,(H,35,36)(H,28,31,34)(H2,29,30,32,33). The number of carbonyl (C=O) groups is 2.